The molecule has 0 spiro atoms. The molecule has 1 aliphatic heterocycles. The number of nitrogens with zero attached hydrogens (tertiary/aromatic N) is 3. The first-order valence-corrected chi connectivity index (χ1v) is 8.33. The third kappa shape index (κ3) is 3.31. The highest BCUT2D eigenvalue weighted by atomic mass is 35.5. The minimum Gasteiger partial charge on any atom is -0.493 e. The Labute approximate surface area is 145 Å². The Balaban J connectivity index is 1.73. The first-order chi connectivity index (χ1) is 11.6. The average molecular weight is 350 g/mol. The van der Waals surface area contributed by atoms with Crippen molar-refractivity contribution in [1.82, 2.24) is 20.1 Å². The number of carbonyl (C=O) groups excluding carboxylic acids is 1. The highest BCUT2D eigenvalue weighted by Gasteiger charge is 2.25. The molecule has 0 fully saturated rings. The molecule has 1 aromatic heterocycles. The van der Waals surface area contributed by atoms with Crippen molar-refractivity contribution < 1.29 is 9.53 Å². The van der Waals surface area contributed by atoms with Crippen LogP contribution in [0.1, 0.15) is 37.5 Å². The Kier molecular flexibility index (Phi) is 4.89. The first-order valence-electron chi connectivity index (χ1n) is 7.96. The summed E-state index contributed by atoms with van der Waals surface area (Å²) in [4.78, 5) is 16.9. The van der Waals surface area contributed by atoms with Gasteiger partial charge in [0.15, 0.2) is 11.6 Å². The molecule has 8 heteroatoms. The van der Waals surface area contributed by atoms with Crippen molar-refractivity contribution in [2.45, 2.75) is 38.8 Å². The lowest BCUT2D eigenvalue weighted by Gasteiger charge is -2.23. The fraction of sp³-hybridized carbons (Fsp3) is 0.438. The number of hydrogen-bond acceptors (Lipinski definition) is 4. The molecule has 0 bridgehead atoms. The van der Waals surface area contributed by atoms with Crippen LogP contribution in [0.5, 0.6) is 5.75 Å². The zero-order valence-electron chi connectivity index (χ0n) is 13.7. The Bertz CT molecular complexity index is 746. The van der Waals surface area contributed by atoms with E-state index in [-0.39, 0.29) is 12.1 Å². The molecule has 0 unspecified atom stereocenters. The summed E-state index contributed by atoms with van der Waals surface area (Å²) in [7, 11) is 1.51. The first kappa shape index (κ1) is 16.6. The number of aromatic nitrogens is 3. The number of methoxy groups -OCH3 is 1. The number of anilines is 1. The fourth-order valence-electron chi connectivity index (χ4n) is 2.82. The molecule has 2 heterocycles. The van der Waals surface area contributed by atoms with Crippen molar-refractivity contribution in [1.29, 1.82) is 0 Å². The molecule has 2 aromatic rings. The molecule has 0 saturated heterocycles. The normalized spacial score (nSPS) is 16.4. The minimum absolute atomic E-state index is 0.156. The number of nitrogens with one attached hydrogen (secondary N) is 2. The fourth-order valence-corrected chi connectivity index (χ4v) is 3.07. The van der Waals surface area contributed by atoms with Crippen LogP contribution >= 0.6 is 11.6 Å². The topological polar surface area (TPSA) is 81.1 Å². The molecule has 128 valence electrons. The summed E-state index contributed by atoms with van der Waals surface area (Å²) >= 11 is 6.07. The number of aryl methyl sites for hydroxylation is 2. The number of ether oxygens (including phenoxy) is 1. The van der Waals surface area contributed by atoms with Gasteiger partial charge in [0.1, 0.15) is 5.82 Å². The summed E-state index contributed by atoms with van der Waals surface area (Å²) < 4.78 is 7.12. The largest absolute Gasteiger partial charge is 0.493 e. The SMILES string of the molecule is CCc1nc2n(n1)CCC[C@@H]2NC(=O)Nc1cccc(Cl)c1OC. The van der Waals surface area contributed by atoms with Crippen LogP contribution in [0.4, 0.5) is 10.5 Å². The molecule has 24 heavy (non-hydrogen) atoms. The van der Waals surface area contributed by atoms with Gasteiger partial charge in [0.05, 0.1) is 23.9 Å². The molecule has 1 aliphatic rings. The zero-order valence-corrected chi connectivity index (χ0v) is 14.4. The lowest BCUT2D eigenvalue weighted by atomic mass is 10.1. The van der Waals surface area contributed by atoms with E-state index in [9.17, 15) is 4.79 Å². The van der Waals surface area contributed by atoms with Crippen LogP contribution in [0.2, 0.25) is 5.02 Å². The summed E-state index contributed by atoms with van der Waals surface area (Å²) in [6.45, 7) is 2.85. The van der Waals surface area contributed by atoms with Crippen molar-refractivity contribution >= 4 is 23.3 Å². The monoisotopic (exact) mass is 349 g/mol. The molecule has 0 radical (unpaired) electrons. The van der Waals surface area contributed by atoms with Crippen LogP contribution < -0.4 is 15.4 Å². The third-order valence-electron chi connectivity index (χ3n) is 3.96. The minimum atomic E-state index is -0.324. The predicted molar refractivity (Wildman–Crippen MR) is 91.5 cm³/mol. The molecule has 2 amide bonds. The molecule has 7 nitrogen and oxygen atoms in total. The Morgan fingerprint density at radius 3 is 3.08 bits per heavy atom. The predicted octanol–water partition coefficient (Wildman–Crippen LogP) is 3.16. The molecular formula is C16H20ClN5O2. The van der Waals surface area contributed by atoms with Gasteiger partial charge in [-0.15, -0.1) is 0 Å². The summed E-state index contributed by atoms with van der Waals surface area (Å²) in [6, 6.07) is 4.72. The summed E-state index contributed by atoms with van der Waals surface area (Å²) in [5, 5.41) is 10.6. The van der Waals surface area contributed by atoms with Crippen LogP contribution in [-0.4, -0.2) is 27.9 Å². The smallest absolute Gasteiger partial charge is 0.319 e. The van der Waals surface area contributed by atoms with E-state index < -0.39 is 0 Å². The molecule has 3 rings (SSSR count). The molecular weight excluding hydrogens is 330 g/mol. The highest BCUT2D eigenvalue weighted by molar-refractivity contribution is 6.32. The molecule has 0 saturated carbocycles. The number of hydrogen-bond donors (Lipinski definition) is 2. The van der Waals surface area contributed by atoms with Gasteiger partial charge in [0, 0.05) is 13.0 Å². The number of halogens is 1. The summed E-state index contributed by atoms with van der Waals surface area (Å²) in [5.41, 5.74) is 0.522. The second-order valence-electron chi connectivity index (χ2n) is 5.58. The average Bonchev–Trinajstić information content (AvgIpc) is 2.99. The molecule has 2 N–H and O–H groups in total. The van der Waals surface area contributed by atoms with Crippen molar-refractivity contribution in [2.24, 2.45) is 0 Å². The van der Waals surface area contributed by atoms with Crippen molar-refractivity contribution in [3.8, 4) is 5.75 Å². The number of carbonyl (C=O) groups is 1. The maximum atomic E-state index is 12.4. The number of benzene rings is 1. The third-order valence-corrected chi connectivity index (χ3v) is 4.26. The standard InChI is InChI=1S/C16H20ClN5O2/c1-3-13-20-15-12(8-5-9-22(15)21-13)19-16(23)18-11-7-4-6-10(17)14(11)24-2/h4,6-7,12H,3,5,8-9H2,1-2H3,(H2,18,19,23)/t12-/m0/s1. The second-order valence-corrected chi connectivity index (χ2v) is 5.98. The van der Waals surface area contributed by atoms with Crippen LogP contribution in [0.25, 0.3) is 0 Å². The van der Waals surface area contributed by atoms with Crippen LogP contribution in [0.3, 0.4) is 0 Å². The number of rotatable bonds is 4. The zero-order chi connectivity index (χ0) is 17.1. The van der Waals surface area contributed by atoms with Gasteiger partial charge in [-0.25, -0.2) is 14.5 Å². The maximum Gasteiger partial charge on any atom is 0.319 e. The maximum absolute atomic E-state index is 12.4. The van der Waals surface area contributed by atoms with Gasteiger partial charge in [-0.2, -0.15) is 5.10 Å². The second kappa shape index (κ2) is 7.09. The molecule has 0 aliphatic carbocycles. The number of urea groups is 1. The number of para-hydroxylation sites is 1. The van der Waals surface area contributed by atoms with Crippen LogP contribution in [0.15, 0.2) is 18.2 Å². The van der Waals surface area contributed by atoms with Crippen LogP contribution in [-0.2, 0) is 13.0 Å². The Morgan fingerprint density at radius 2 is 2.33 bits per heavy atom. The van der Waals surface area contributed by atoms with Crippen molar-refractivity contribution in [3.63, 3.8) is 0 Å². The summed E-state index contributed by atoms with van der Waals surface area (Å²) in [5.74, 6) is 2.05. The Hall–Kier alpha value is -2.28. The van der Waals surface area contributed by atoms with Gasteiger partial charge in [-0.3, -0.25) is 0 Å². The quantitative estimate of drug-likeness (QED) is 0.888. The lowest BCUT2D eigenvalue weighted by Crippen LogP contribution is -2.36. The number of fused-ring (bicyclic) bond motifs is 1. The van der Waals surface area contributed by atoms with E-state index in [1.807, 2.05) is 11.6 Å². The van der Waals surface area contributed by atoms with E-state index in [0.717, 1.165) is 37.5 Å². The van der Waals surface area contributed by atoms with E-state index in [4.69, 9.17) is 16.3 Å². The van der Waals surface area contributed by atoms with Crippen molar-refractivity contribution in [2.75, 3.05) is 12.4 Å². The highest BCUT2D eigenvalue weighted by Crippen LogP contribution is 2.32. The van der Waals surface area contributed by atoms with E-state index in [1.54, 1.807) is 18.2 Å². The lowest BCUT2D eigenvalue weighted by molar-refractivity contribution is 0.244. The van der Waals surface area contributed by atoms with Gasteiger partial charge in [0.2, 0.25) is 0 Å². The summed E-state index contributed by atoms with van der Waals surface area (Å²) in [6.07, 6.45) is 2.56. The van der Waals surface area contributed by atoms with E-state index in [2.05, 4.69) is 20.7 Å². The van der Waals surface area contributed by atoms with Gasteiger partial charge < -0.3 is 15.4 Å². The van der Waals surface area contributed by atoms with Gasteiger partial charge in [-0.1, -0.05) is 24.6 Å². The van der Waals surface area contributed by atoms with Crippen LogP contribution in [0, 0.1) is 0 Å². The van der Waals surface area contributed by atoms with Gasteiger partial charge >= 0.3 is 6.03 Å². The van der Waals surface area contributed by atoms with E-state index in [1.165, 1.54) is 7.11 Å². The van der Waals surface area contributed by atoms with E-state index >= 15 is 0 Å². The van der Waals surface area contributed by atoms with Gasteiger partial charge in [-0.05, 0) is 25.0 Å². The Morgan fingerprint density at radius 1 is 1.50 bits per heavy atom. The van der Waals surface area contributed by atoms with E-state index in [0.29, 0.717) is 16.5 Å². The molecule has 1 aromatic carbocycles. The van der Waals surface area contributed by atoms with Crippen molar-refractivity contribution in [3.05, 3.63) is 34.9 Å². The molecule has 1 atom stereocenters. The number of amides is 2. The van der Waals surface area contributed by atoms with Gasteiger partial charge in [0.25, 0.3) is 0 Å².